The van der Waals surface area contributed by atoms with Crippen molar-refractivity contribution in [3.05, 3.63) is 42.0 Å². The number of amides is 2. The fraction of sp³-hybridized carbons (Fsp3) is 0.476. The first-order valence-corrected chi connectivity index (χ1v) is 9.45. The van der Waals surface area contributed by atoms with Crippen LogP contribution in [-0.2, 0) is 14.3 Å². The van der Waals surface area contributed by atoms with E-state index in [1.54, 1.807) is 24.3 Å². The highest BCUT2D eigenvalue weighted by atomic mass is 16.5. The molecule has 2 fully saturated rings. The Balaban J connectivity index is 1.45. The van der Waals surface area contributed by atoms with E-state index in [9.17, 15) is 14.4 Å². The van der Waals surface area contributed by atoms with Crippen LogP contribution in [0.1, 0.15) is 43.0 Å². The van der Waals surface area contributed by atoms with Crippen molar-refractivity contribution in [2.75, 3.05) is 11.5 Å². The molecule has 0 radical (unpaired) electrons. The average Bonchev–Trinajstić information content (AvgIpc) is 3.33. The van der Waals surface area contributed by atoms with Gasteiger partial charge in [-0.2, -0.15) is 0 Å². The summed E-state index contributed by atoms with van der Waals surface area (Å²) in [5.74, 6) is -0.599. The number of imide groups is 1. The highest BCUT2D eigenvalue weighted by Gasteiger charge is 2.59. The number of allylic oxidation sites excluding steroid dienone is 2. The van der Waals surface area contributed by atoms with Gasteiger partial charge in [0.15, 0.2) is 0 Å². The lowest BCUT2D eigenvalue weighted by Gasteiger charge is -2.17. The average molecular weight is 353 g/mol. The summed E-state index contributed by atoms with van der Waals surface area (Å²) in [6.45, 7) is 2.51. The lowest BCUT2D eigenvalue weighted by molar-refractivity contribution is -0.123. The van der Waals surface area contributed by atoms with Gasteiger partial charge >= 0.3 is 5.97 Å². The van der Waals surface area contributed by atoms with Gasteiger partial charge in [-0.25, -0.2) is 4.79 Å². The van der Waals surface area contributed by atoms with Crippen LogP contribution in [0.2, 0.25) is 0 Å². The summed E-state index contributed by atoms with van der Waals surface area (Å²) in [6, 6.07) is 6.57. The van der Waals surface area contributed by atoms with Crippen molar-refractivity contribution >= 4 is 23.5 Å². The van der Waals surface area contributed by atoms with Gasteiger partial charge in [-0.15, -0.1) is 0 Å². The maximum Gasteiger partial charge on any atom is 0.338 e. The monoisotopic (exact) mass is 353 g/mol. The second-order valence-corrected chi connectivity index (χ2v) is 7.40. The summed E-state index contributed by atoms with van der Waals surface area (Å²) in [4.78, 5) is 38.9. The largest absolute Gasteiger partial charge is 0.462 e. The van der Waals surface area contributed by atoms with Crippen LogP contribution in [-0.4, -0.2) is 24.4 Å². The molecule has 1 saturated carbocycles. The molecule has 136 valence electrons. The van der Waals surface area contributed by atoms with Crippen molar-refractivity contribution in [3.8, 4) is 0 Å². The topological polar surface area (TPSA) is 63.7 Å². The Morgan fingerprint density at radius 1 is 1.04 bits per heavy atom. The number of carbonyl (C=O) groups excluding carboxylic acids is 3. The van der Waals surface area contributed by atoms with E-state index >= 15 is 0 Å². The quantitative estimate of drug-likeness (QED) is 0.340. The zero-order valence-electron chi connectivity index (χ0n) is 14.9. The molecule has 1 heterocycles. The van der Waals surface area contributed by atoms with Gasteiger partial charge in [0.1, 0.15) is 0 Å². The zero-order valence-corrected chi connectivity index (χ0v) is 14.9. The van der Waals surface area contributed by atoms with Crippen molar-refractivity contribution in [2.24, 2.45) is 23.7 Å². The molecular formula is C21H23NO4. The molecule has 0 unspecified atom stereocenters. The van der Waals surface area contributed by atoms with Crippen molar-refractivity contribution < 1.29 is 19.1 Å². The van der Waals surface area contributed by atoms with Gasteiger partial charge in [-0.3, -0.25) is 14.5 Å². The molecule has 0 N–H and O–H groups in total. The Kier molecular flexibility index (Phi) is 4.39. The van der Waals surface area contributed by atoms with Gasteiger partial charge < -0.3 is 4.74 Å². The van der Waals surface area contributed by atoms with E-state index in [1.807, 2.05) is 0 Å². The predicted octanol–water partition coefficient (Wildman–Crippen LogP) is 3.35. The van der Waals surface area contributed by atoms with Crippen LogP contribution in [0.15, 0.2) is 36.4 Å². The molecule has 1 aliphatic heterocycles. The Bertz CT molecular complexity index is 737. The van der Waals surface area contributed by atoms with E-state index in [4.69, 9.17) is 4.74 Å². The van der Waals surface area contributed by atoms with Crippen LogP contribution in [0.4, 0.5) is 5.69 Å². The number of esters is 1. The number of carbonyl (C=O) groups is 3. The fourth-order valence-corrected chi connectivity index (χ4v) is 4.50. The molecule has 1 saturated heterocycles. The second-order valence-electron chi connectivity index (χ2n) is 7.40. The van der Waals surface area contributed by atoms with Crippen LogP contribution in [0.25, 0.3) is 0 Å². The van der Waals surface area contributed by atoms with Crippen molar-refractivity contribution in [1.82, 2.24) is 0 Å². The van der Waals surface area contributed by atoms with E-state index in [0.717, 1.165) is 25.7 Å². The lowest BCUT2D eigenvalue weighted by Crippen LogP contribution is -2.32. The molecule has 26 heavy (non-hydrogen) atoms. The Hall–Kier alpha value is -2.43. The van der Waals surface area contributed by atoms with Crippen LogP contribution in [0.5, 0.6) is 0 Å². The van der Waals surface area contributed by atoms with Gasteiger partial charge in [-0.1, -0.05) is 31.9 Å². The smallest absolute Gasteiger partial charge is 0.338 e. The first kappa shape index (κ1) is 17.0. The number of ether oxygens (including phenoxy) is 1. The Labute approximate surface area is 153 Å². The predicted molar refractivity (Wildman–Crippen MR) is 96.5 cm³/mol. The number of fused-ring (bicyclic) bond motifs is 5. The summed E-state index contributed by atoms with van der Waals surface area (Å²) >= 11 is 0. The van der Waals surface area contributed by atoms with Gasteiger partial charge in [-0.05, 0) is 48.9 Å². The van der Waals surface area contributed by atoms with Crippen molar-refractivity contribution in [2.45, 2.75) is 32.6 Å². The minimum absolute atomic E-state index is 0.105. The second kappa shape index (κ2) is 6.71. The number of anilines is 1. The first-order chi connectivity index (χ1) is 12.6. The normalized spacial score (nSPS) is 28.7. The van der Waals surface area contributed by atoms with Crippen LogP contribution in [0, 0.1) is 23.7 Å². The summed E-state index contributed by atoms with van der Waals surface area (Å²) in [7, 11) is 0. The SMILES string of the molecule is CCCCCOC(=O)c1ccc(N2C(=O)[C@@H]3[C@@H](C2=O)[C@H]2C=C[C@H]3C2)cc1. The zero-order chi connectivity index (χ0) is 18.3. The van der Waals surface area contributed by atoms with E-state index in [1.165, 1.54) is 4.90 Å². The molecule has 3 aliphatic rings. The minimum atomic E-state index is -0.370. The third-order valence-electron chi connectivity index (χ3n) is 5.81. The molecular weight excluding hydrogens is 330 g/mol. The molecule has 0 aromatic heterocycles. The molecule has 5 nitrogen and oxygen atoms in total. The Morgan fingerprint density at radius 3 is 2.23 bits per heavy atom. The third kappa shape index (κ3) is 2.66. The highest BCUT2D eigenvalue weighted by Crippen LogP contribution is 2.53. The molecule has 4 rings (SSSR count). The van der Waals surface area contributed by atoms with Gasteiger partial charge in [0.05, 0.1) is 29.7 Å². The summed E-state index contributed by atoms with van der Waals surface area (Å²) < 4.78 is 5.24. The van der Waals surface area contributed by atoms with Crippen molar-refractivity contribution in [3.63, 3.8) is 0 Å². The molecule has 1 aromatic rings. The molecule has 5 heteroatoms. The molecule has 1 aromatic carbocycles. The fourth-order valence-electron chi connectivity index (χ4n) is 4.50. The van der Waals surface area contributed by atoms with Crippen LogP contribution in [0.3, 0.4) is 0 Å². The first-order valence-electron chi connectivity index (χ1n) is 9.45. The molecule has 2 aliphatic carbocycles. The van der Waals surface area contributed by atoms with E-state index in [0.29, 0.717) is 17.9 Å². The summed E-state index contributed by atoms with van der Waals surface area (Å²) in [5, 5.41) is 0. The molecule has 2 bridgehead atoms. The van der Waals surface area contributed by atoms with Crippen molar-refractivity contribution in [1.29, 1.82) is 0 Å². The number of rotatable bonds is 6. The maximum atomic E-state index is 12.8. The van der Waals surface area contributed by atoms with E-state index < -0.39 is 0 Å². The Morgan fingerprint density at radius 2 is 1.65 bits per heavy atom. The van der Waals surface area contributed by atoms with E-state index in [2.05, 4.69) is 19.1 Å². The van der Waals surface area contributed by atoms with Crippen LogP contribution < -0.4 is 4.90 Å². The lowest BCUT2D eigenvalue weighted by atomic mass is 9.85. The molecule has 4 atom stereocenters. The minimum Gasteiger partial charge on any atom is -0.462 e. The third-order valence-corrected chi connectivity index (χ3v) is 5.81. The summed E-state index contributed by atoms with van der Waals surface area (Å²) in [6.07, 6.45) is 8.05. The van der Waals surface area contributed by atoms with Gasteiger partial charge in [0.25, 0.3) is 0 Å². The van der Waals surface area contributed by atoms with Gasteiger partial charge in [0, 0.05) is 0 Å². The molecule has 2 amide bonds. The van der Waals surface area contributed by atoms with Gasteiger partial charge in [0.2, 0.25) is 11.8 Å². The molecule has 0 spiro atoms. The highest BCUT2D eigenvalue weighted by molar-refractivity contribution is 6.22. The van der Waals surface area contributed by atoms with Crippen LogP contribution >= 0.6 is 0 Å². The number of nitrogens with zero attached hydrogens (tertiary/aromatic N) is 1. The standard InChI is InChI=1S/C21H23NO4/c1-2-3-4-11-26-21(25)13-7-9-16(10-8-13)22-19(23)17-14-5-6-15(12-14)18(17)20(22)24/h5-10,14-15,17-18H,2-4,11-12H2,1H3/t14-,15-,17-,18-/m0/s1. The summed E-state index contributed by atoms with van der Waals surface area (Å²) in [5.41, 5.74) is 0.975. The number of hydrogen-bond acceptors (Lipinski definition) is 4. The number of hydrogen-bond donors (Lipinski definition) is 0. The van der Waals surface area contributed by atoms with E-state index in [-0.39, 0.29) is 41.5 Å². The maximum absolute atomic E-state index is 12.8. The number of benzene rings is 1. The number of unbranched alkanes of at least 4 members (excludes halogenated alkanes) is 2.